The Bertz CT molecular complexity index is 647. The maximum atomic E-state index is 10.9. The van der Waals surface area contributed by atoms with Crippen LogP contribution in [0.4, 0.5) is 0 Å². The molecule has 110 valence electrons. The van der Waals surface area contributed by atoms with Crippen LogP contribution in [0.2, 0.25) is 10.0 Å². The lowest BCUT2D eigenvalue weighted by Crippen LogP contribution is -1.95. The zero-order chi connectivity index (χ0) is 15.2. The minimum Gasteiger partial charge on any atom is -0.478 e. The van der Waals surface area contributed by atoms with Crippen LogP contribution in [0, 0.1) is 0 Å². The lowest BCUT2D eigenvalue weighted by molar-refractivity contribution is 0.0696. The Morgan fingerprint density at radius 2 is 1.81 bits per heavy atom. The fraction of sp³-hybridized carbons (Fsp3) is 0.133. The monoisotopic (exact) mass is 358 g/mol. The van der Waals surface area contributed by atoms with Crippen LogP contribution in [0.5, 0.6) is 0 Å². The van der Waals surface area contributed by atoms with Crippen molar-refractivity contribution in [3.63, 3.8) is 0 Å². The van der Waals surface area contributed by atoms with Crippen molar-refractivity contribution in [1.82, 2.24) is 0 Å². The van der Waals surface area contributed by atoms with Crippen LogP contribution in [0.3, 0.4) is 0 Å². The Hall–Kier alpha value is -0.810. The molecular formula is C15H12Cl2O2S2. The van der Waals surface area contributed by atoms with Crippen LogP contribution >= 0.6 is 46.7 Å². The van der Waals surface area contributed by atoms with E-state index in [-0.39, 0.29) is 0 Å². The maximum absolute atomic E-state index is 10.9. The highest BCUT2D eigenvalue weighted by Crippen LogP contribution is 2.31. The molecule has 2 aromatic rings. The van der Waals surface area contributed by atoms with Gasteiger partial charge in [0.25, 0.3) is 0 Å². The number of rotatable bonds is 6. The summed E-state index contributed by atoms with van der Waals surface area (Å²) < 4.78 is 0. The summed E-state index contributed by atoms with van der Waals surface area (Å²) in [6, 6.07) is 12.3. The molecule has 1 N–H and O–H groups in total. The molecule has 2 nitrogen and oxygen atoms in total. The van der Waals surface area contributed by atoms with E-state index in [0.29, 0.717) is 15.6 Å². The lowest BCUT2D eigenvalue weighted by atomic mass is 10.2. The van der Waals surface area contributed by atoms with E-state index in [9.17, 15) is 4.79 Å². The van der Waals surface area contributed by atoms with Crippen LogP contribution in [0.15, 0.2) is 52.3 Å². The van der Waals surface area contributed by atoms with Gasteiger partial charge in [-0.15, -0.1) is 23.5 Å². The van der Waals surface area contributed by atoms with Gasteiger partial charge >= 0.3 is 5.97 Å². The molecule has 0 spiro atoms. The van der Waals surface area contributed by atoms with Gasteiger partial charge < -0.3 is 5.11 Å². The molecule has 0 unspecified atom stereocenters. The van der Waals surface area contributed by atoms with Crippen LogP contribution in [-0.4, -0.2) is 22.6 Å². The molecule has 6 heteroatoms. The van der Waals surface area contributed by atoms with Crippen molar-refractivity contribution in [2.45, 2.75) is 9.79 Å². The first-order valence-corrected chi connectivity index (χ1v) is 8.83. The van der Waals surface area contributed by atoms with Crippen molar-refractivity contribution in [2.75, 3.05) is 11.5 Å². The quantitative estimate of drug-likeness (QED) is 0.540. The summed E-state index contributed by atoms with van der Waals surface area (Å²) in [7, 11) is 0. The van der Waals surface area contributed by atoms with E-state index in [1.54, 1.807) is 53.9 Å². The molecule has 0 saturated heterocycles. The van der Waals surface area contributed by atoms with Gasteiger partial charge in [0.2, 0.25) is 0 Å². The van der Waals surface area contributed by atoms with Crippen LogP contribution < -0.4 is 0 Å². The average Bonchev–Trinajstić information content (AvgIpc) is 2.47. The predicted octanol–water partition coefficient (Wildman–Crippen LogP) is 5.58. The Kier molecular flexibility index (Phi) is 6.30. The third kappa shape index (κ3) is 5.15. The summed E-state index contributed by atoms with van der Waals surface area (Å²) in [4.78, 5) is 12.8. The number of aromatic carboxylic acids is 1. The highest BCUT2D eigenvalue weighted by molar-refractivity contribution is 8.03. The Labute approximate surface area is 141 Å². The first-order valence-electron chi connectivity index (χ1n) is 6.10. The van der Waals surface area contributed by atoms with Crippen molar-refractivity contribution >= 4 is 52.7 Å². The molecule has 0 atom stereocenters. The zero-order valence-electron chi connectivity index (χ0n) is 10.9. The fourth-order valence-corrected chi connectivity index (χ4v) is 4.06. The smallest absolute Gasteiger partial charge is 0.335 e. The molecule has 0 bridgehead atoms. The minimum absolute atomic E-state index is 0.311. The molecule has 2 aromatic carbocycles. The van der Waals surface area contributed by atoms with Crippen molar-refractivity contribution in [1.29, 1.82) is 0 Å². The van der Waals surface area contributed by atoms with Gasteiger partial charge in [-0.25, -0.2) is 4.79 Å². The van der Waals surface area contributed by atoms with E-state index in [2.05, 4.69) is 0 Å². The molecule has 0 saturated carbocycles. The van der Waals surface area contributed by atoms with Crippen LogP contribution in [-0.2, 0) is 0 Å². The molecule has 0 aliphatic carbocycles. The number of thioether (sulfide) groups is 2. The third-order valence-electron chi connectivity index (χ3n) is 2.58. The molecule has 0 amide bonds. The number of carbonyl (C=O) groups is 1. The second-order valence-electron chi connectivity index (χ2n) is 4.10. The number of hydrogen-bond acceptors (Lipinski definition) is 3. The molecule has 0 aromatic heterocycles. The van der Waals surface area contributed by atoms with E-state index >= 15 is 0 Å². The van der Waals surface area contributed by atoms with Gasteiger partial charge in [0, 0.05) is 26.3 Å². The number of benzene rings is 2. The summed E-state index contributed by atoms with van der Waals surface area (Å²) >= 11 is 15.3. The van der Waals surface area contributed by atoms with Crippen molar-refractivity contribution in [3.8, 4) is 0 Å². The maximum Gasteiger partial charge on any atom is 0.335 e. The number of carboxylic acids is 1. The molecule has 0 aliphatic heterocycles. The molecule has 0 radical (unpaired) electrons. The number of carboxylic acid groups (broad SMARTS) is 1. The second-order valence-corrected chi connectivity index (χ2v) is 7.25. The fourth-order valence-electron chi connectivity index (χ4n) is 1.62. The zero-order valence-corrected chi connectivity index (χ0v) is 14.0. The van der Waals surface area contributed by atoms with E-state index < -0.39 is 5.97 Å². The first-order chi connectivity index (χ1) is 10.1. The molecule has 21 heavy (non-hydrogen) atoms. The number of halogens is 2. The van der Waals surface area contributed by atoms with Gasteiger partial charge in [-0.1, -0.05) is 29.3 Å². The molecule has 2 rings (SSSR count). The standard InChI is InChI=1S/C15H12Cl2O2S2/c16-11-4-5-13(17)14(9-11)21-7-6-20-12-3-1-2-10(8-12)15(18)19/h1-5,8-9H,6-7H2,(H,18,19). The lowest BCUT2D eigenvalue weighted by Gasteiger charge is -2.05. The van der Waals surface area contributed by atoms with E-state index in [1.807, 2.05) is 12.1 Å². The second kappa shape index (κ2) is 7.99. The minimum atomic E-state index is -0.905. The molecular weight excluding hydrogens is 347 g/mol. The van der Waals surface area contributed by atoms with E-state index in [4.69, 9.17) is 28.3 Å². The van der Waals surface area contributed by atoms with Crippen molar-refractivity contribution < 1.29 is 9.90 Å². The molecule has 0 aliphatic rings. The summed E-state index contributed by atoms with van der Waals surface area (Å²) in [5, 5.41) is 10.3. The summed E-state index contributed by atoms with van der Waals surface area (Å²) in [6.07, 6.45) is 0. The average molecular weight is 359 g/mol. The van der Waals surface area contributed by atoms with E-state index in [1.165, 1.54) is 0 Å². The summed E-state index contributed by atoms with van der Waals surface area (Å²) in [5.74, 6) is 0.816. The van der Waals surface area contributed by atoms with Crippen LogP contribution in [0.25, 0.3) is 0 Å². The third-order valence-corrected chi connectivity index (χ3v) is 5.57. The van der Waals surface area contributed by atoms with Gasteiger partial charge in [-0.3, -0.25) is 0 Å². The Balaban J connectivity index is 1.86. The summed E-state index contributed by atoms with van der Waals surface area (Å²) in [6.45, 7) is 0. The van der Waals surface area contributed by atoms with Gasteiger partial charge in [0.15, 0.2) is 0 Å². The summed E-state index contributed by atoms with van der Waals surface area (Å²) in [5.41, 5.74) is 0.311. The van der Waals surface area contributed by atoms with Gasteiger partial charge in [-0.2, -0.15) is 0 Å². The van der Waals surface area contributed by atoms with E-state index in [0.717, 1.165) is 21.3 Å². The first kappa shape index (κ1) is 16.6. The van der Waals surface area contributed by atoms with Gasteiger partial charge in [0.05, 0.1) is 10.6 Å². The van der Waals surface area contributed by atoms with Gasteiger partial charge in [-0.05, 0) is 36.4 Å². The SMILES string of the molecule is O=C(O)c1cccc(SCCSc2cc(Cl)ccc2Cl)c1. The highest BCUT2D eigenvalue weighted by Gasteiger charge is 2.05. The molecule has 0 fully saturated rings. The predicted molar refractivity (Wildman–Crippen MR) is 91.3 cm³/mol. The molecule has 0 heterocycles. The van der Waals surface area contributed by atoms with Crippen molar-refractivity contribution in [2.24, 2.45) is 0 Å². The topological polar surface area (TPSA) is 37.3 Å². The highest BCUT2D eigenvalue weighted by atomic mass is 35.5. The number of hydrogen-bond donors (Lipinski definition) is 1. The largest absolute Gasteiger partial charge is 0.478 e. The van der Waals surface area contributed by atoms with Crippen LogP contribution in [0.1, 0.15) is 10.4 Å². The van der Waals surface area contributed by atoms with Crippen molar-refractivity contribution in [3.05, 3.63) is 58.1 Å². The Morgan fingerprint density at radius 1 is 1.05 bits per heavy atom. The van der Waals surface area contributed by atoms with Gasteiger partial charge in [0.1, 0.15) is 0 Å². The normalized spacial score (nSPS) is 10.6. The Morgan fingerprint density at radius 3 is 2.57 bits per heavy atom.